The topological polar surface area (TPSA) is 6.48 Å². The van der Waals surface area contributed by atoms with Crippen molar-refractivity contribution in [2.75, 3.05) is 26.7 Å². The van der Waals surface area contributed by atoms with Gasteiger partial charge >= 0.3 is 0 Å². The molecule has 3 rings (SSSR count). The predicted molar refractivity (Wildman–Crippen MR) is 83.5 cm³/mol. The molecule has 3 heteroatoms. The van der Waals surface area contributed by atoms with Crippen LogP contribution in [0.25, 0.3) is 0 Å². The van der Waals surface area contributed by atoms with E-state index in [9.17, 15) is 4.39 Å². The highest BCUT2D eigenvalue weighted by Crippen LogP contribution is 2.26. The number of halogens is 1. The quantitative estimate of drug-likeness (QED) is 0.853. The Morgan fingerprint density at radius 1 is 1.00 bits per heavy atom. The summed E-state index contributed by atoms with van der Waals surface area (Å²) in [6, 6.07) is 17.9. The first-order valence-corrected chi connectivity index (χ1v) is 7.44. The van der Waals surface area contributed by atoms with Crippen molar-refractivity contribution in [1.82, 2.24) is 9.80 Å². The van der Waals surface area contributed by atoms with Crippen LogP contribution in [-0.2, 0) is 6.54 Å². The van der Waals surface area contributed by atoms with Crippen molar-refractivity contribution < 1.29 is 4.39 Å². The monoisotopic (exact) mass is 284 g/mol. The van der Waals surface area contributed by atoms with Crippen molar-refractivity contribution in [3.05, 3.63) is 71.5 Å². The summed E-state index contributed by atoms with van der Waals surface area (Å²) >= 11 is 0. The Labute approximate surface area is 125 Å². The zero-order valence-corrected chi connectivity index (χ0v) is 12.4. The summed E-state index contributed by atoms with van der Waals surface area (Å²) in [4.78, 5) is 4.86. The second-order valence-electron chi connectivity index (χ2n) is 5.79. The smallest absolute Gasteiger partial charge is 0.123 e. The lowest BCUT2D eigenvalue weighted by molar-refractivity contribution is 0.0833. The highest BCUT2D eigenvalue weighted by atomic mass is 19.1. The molecule has 0 bridgehead atoms. The van der Waals surface area contributed by atoms with Crippen LogP contribution in [0.3, 0.4) is 0 Å². The van der Waals surface area contributed by atoms with Gasteiger partial charge in [-0.3, -0.25) is 4.90 Å². The van der Waals surface area contributed by atoms with Gasteiger partial charge in [0.15, 0.2) is 0 Å². The molecule has 1 heterocycles. The summed E-state index contributed by atoms with van der Waals surface area (Å²) in [7, 11) is 2.17. The SMILES string of the molecule is CN1CCN(Cc2ccc(F)cc2)C(c2ccccc2)C1. The minimum Gasteiger partial charge on any atom is -0.303 e. The molecule has 21 heavy (non-hydrogen) atoms. The first kappa shape index (κ1) is 14.2. The van der Waals surface area contributed by atoms with Gasteiger partial charge in [-0.15, -0.1) is 0 Å². The van der Waals surface area contributed by atoms with E-state index in [1.165, 1.54) is 11.1 Å². The van der Waals surface area contributed by atoms with Crippen LogP contribution >= 0.6 is 0 Å². The van der Waals surface area contributed by atoms with E-state index in [1.54, 1.807) is 12.1 Å². The number of benzene rings is 2. The normalized spacial score (nSPS) is 20.6. The minimum atomic E-state index is -0.170. The zero-order chi connectivity index (χ0) is 14.7. The van der Waals surface area contributed by atoms with Gasteiger partial charge < -0.3 is 4.90 Å². The van der Waals surface area contributed by atoms with E-state index in [-0.39, 0.29) is 5.82 Å². The average Bonchev–Trinajstić information content (AvgIpc) is 2.52. The molecule has 0 radical (unpaired) electrons. The third-order valence-electron chi connectivity index (χ3n) is 4.18. The fraction of sp³-hybridized carbons (Fsp3) is 0.333. The number of likely N-dealkylation sites (N-methyl/N-ethyl adjacent to an activating group) is 1. The van der Waals surface area contributed by atoms with Crippen LogP contribution < -0.4 is 0 Å². The van der Waals surface area contributed by atoms with E-state index in [0.29, 0.717) is 6.04 Å². The van der Waals surface area contributed by atoms with Gasteiger partial charge in [0.2, 0.25) is 0 Å². The molecule has 1 unspecified atom stereocenters. The van der Waals surface area contributed by atoms with Crippen molar-refractivity contribution in [1.29, 1.82) is 0 Å². The summed E-state index contributed by atoms with van der Waals surface area (Å²) < 4.78 is 13.0. The van der Waals surface area contributed by atoms with E-state index in [4.69, 9.17) is 0 Å². The summed E-state index contributed by atoms with van der Waals surface area (Å²) in [5.74, 6) is -0.170. The van der Waals surface area contributed by atoms with Crippen LogP contribution in [0.5, 0.6) is 0 Å². The number of hydrogen-bond donors (Lipinski definition) is 0. The van der Waals surface area contributed by atoms with E-state index in [1.807, 2.05) is 12.1 Å². The molecule has 1 fully saturated rings. The molecule has 110 valence electrons. The molecule has 2 nitrogen and oxygen atoms in total. The third kappa shape index (κ3) is 3.49. The summed E-state index contributed by atoms with van der Waals surface area (Å²) in [6.45, 7) is 4.01. The molecule has 0 amide bonds. The molecular weight excluding hydrogens is 263 g/mol. The Bertz CT molecular complexity index is 568. The van der Waals surface area contributed by atoms with Gasteiger partial charge in [0.05, 0.1) is 0 Å². The largest absolute Gasteiger partial charge is 0.303 e. The Kier molecular flexibility index (Phi) is 4.32. The van der Waals surface area contributed by atoms with Crippen molar-refractivity contribution in [2.45, 2.75) is 12.6 Å². The van der Waals surface area contributed by atoms with Crippen molar-refractivity contribution in [3.63, 3.8) is 0 Å². The van der Waals surface area contributed by atoms with Gasteiger partial charge in [0.1, 0.15) is 5.82 Å². The van der Waals surface area contributed by atoms with E-state index < -0.39 is 0 Å². The van der Waals surface area contributed by atoms with Crippen molar-refractivity contribution >= 4 is 0 Å². The predicted octanol–water partition coefficient (Wildman–Crippen LogP) is 3.31. The van der Waals surface area contributed by atoms with Gasteiger partial charge in [-0.05, 0) is 30.3 Å². The van der Waals surface area contributed by atoms with E-state index >= 15 is 0 Å². The number of hydrogen-bond acceptors (Lipinski definition) is 2. The summed E-state index contributed by atoms with van der Waals surface area (Å²) in [6.07, 6.45) is 0. The first-order chi connectivity index (χ1) is 10.2. The molecule has 2 aromatic rings. The van der Waals surface area contributed by atoms with Crippen LogP contribution in [0.15, 0.2) is 54.6 Å². The Morgan fingerprint density at radius 3 is 2.43 bits per heavy atom. The standard InChI is InChI=1S/C18H21FN2/c1-20-11-12-21(13-15-7-9-17(19)10-8-15)18(14-20)16-5-3-2-4-6-16/h2-10,18H,11-14H2,1H3. The molecule has 2 aromatic carbocycles. The molecule has 0 saturated carbocycles. The van der Waals surface area contributed by atoms with Gasteiger partial charge in [0, 0.05) is 32.2 Å². The number of nitrogens with zero attached hydrogens (tertiary/aromatic N) is 2. The summed E-state index contributed by atoms with van der Waals surface area (Å²) in [5, 5.41) is 0. The average molecular weight is 284 g/mol. The summed E-state index contributed by atoms with van der Waals surface area (Å²) in [5.41, 5.74) is 2.52. The number of rotatable bonds is 3. The lowest BCUT2D eigenvalue weighted by Crippen LogP contribution is -2.46. The van der Waals surface area contributed by atoms with Gasteiger partial charge in [-0.1, -0.05) is 42.5 Å². The lowest BCUT2D eigenvalue weighted by atomic mass is 10.0. The van der Waals surface area contributed by atoms with Gasteiger partial charge in [-0.25, -0.2) is 4.39 Å². The second-order valence-corrected chi connectivity index (χ2v) is 5.79. The van der Waals surface area contributed by atoms with E-state index in [0.717, 1.165) is 26.2 Å². The lowest BCUT2D eigenvalue weighted by Gasteiger charge is -2.40. The maximum atomic E-state index is 13.0. The molecule has 0 spiro atoms. The van der Waals surface area contributed by atoms with Crippen molar-refractivity contribution in [2.24, 2.45) is 0 Å². The third-order valence-corrected chi connectivity index (χ3v) is 4.18. The molecule has 0 aliphatic carbocycles. The molecular formula is C18H21FN2. The van der Waals surface area contributed by atoms with Crippen LogP contribution in [0.1, 0.15) is 17.2 Å². The molecule has 1 aliphatic heterocycles. The molecule has 1 aliphatic rings. The fourth-order valence-corrected chi connectivity index (χ4v) is 2.96. The molecule has 1 atom stereocenters. The molecule has 0 N–H and O–H groups in total. The Hall–Kier alpha value is -1.71. The fourth-order valence-electron chi connectivity index (χ4n) is 2.96. The van der Waals surface area contributed by atoms with Crippen molar-refractivity contribution in [3.8, 4) is 0 Å². The van der Waals surface area contributed by atoms with Crippen LogP contribution in [0, 0.1) is 5.82 Å². The van der Waals surface area contributed by atoms with E-state index in [2.05, 4.69) is 47.2 Å². The number of piperazine rings is 1. The molecule has 0 aromatic heterocycles. The van der Waals surface area contributed by atoms with Gasteiger partial charge in [0.25, 0.3) is 0 Å². The van der Waals surface area contributed by atoms with Crippen LogP contribution in [0.4, 0.5) is 4.39 Å². The minimum absolute atomic E-state index is 0.170. The molecule has 1 saturated heterocycles. The zero-order valence-electron chi connectivity index (χ0n) is 12.4. The van der Waals surface area contributed by atoms with Crippen LogP contribution in [0.2, 0.25) is 0 Å². The maximum absolute atomic E-state index is 13.0. The Morgan fingerprint density at radius 2 is 1.71 bits per heavy atom. The first-order valence-electron chi connectivity index (χ1n) is 7.44. The van der Waals surface area contributed by atoms with Gasteiger partial charge in [-0.2, -0.15) is 0 Å². The highest BCUT2D eigenvalue weighted by molar-refractivity contribution is 5.21. The second kappa shape index (κ2) is 6.37. The Balaban J connectivity index is 1.79. The maximum Gasteiger partial charge on any atom is 0.123 e. The van der Waals surface area contributed by atoms with Crippen LogP contribution in [-0.4, -0.2) is 36.5 Å². The highest BCUT2D eigenvalue weighted by Gasteiger charge is 2.26.